The van der Waals surface area contributed by atoms with Gasteiger partial charge < -0.3 is 35.6 Å². The first kappa shape index (κ1) is 17.9. The van der Waals surface area contributed by atoms with E-state index in [4.69, 9.17) is 15.2 Å². The number of nitrogens with zero attached hydrogens (tertiary/aromatic N) is 1. The normalized spacial score (nSPS) is 26.8. The predicted octanol–water partition coefficient (Wildman–Crippen LogP) is -2.58. The van der Waals surface area contributed by atoms with Crippen LogP contribution in [0, 0.1) is 0 Å². The summed E-state index contributed by atoms with van der Waals surface area (Å²) in [4.78, 5) is 48.7. The number of epoxide rings is 2. The molecule has 0 radical (unpaired) electrons. The summed E-state index contributed by atoms with van der Waals surface area (Å²) in [5.41, 5.74) is 3.95. The smallest absolute Gasteiger partial charge is 0.353 e. The number of nitrogens with one attached hydrogen (secondary N) is 1. The van der Waals surface area contributed by atoms with Gasteiger partial charge in [0.25, 0.3) is 0 Å². The Morgan fingerprint density at radius 3 is 2.23 bits per heavy atom. The summed E-state index contributed by atoms with van der Waals surface area (Å²) >= 11 is 0. The van der Waals surface area contributed by atoms with Crippen LogP contribution in [-0.4, -0.2) is 83.4 Å². The van der Waals surface area contributed by atoms with Gasteiger partial charge in [-0.15, -0.1) is 0 Å². The number of hydrogen-bond acceptors (Lipinski definition) is 7. The monoisotopic (exact) mass is 367 g/mol. The van der Waals surface area contributed by atoms with E-state index in [0.717, 1.165) is 11.0 Å². The predicted molar refractivity (Wildman–Crippen MR) is 82.6 cm³/mol. The molecule has 140 valence electrons. The Kier molecular flexibility index (Phi) is 4.66. The molecule has 0 aromatic rings. The zero-order chi connectivity index (χ0) is 19.0. The van der Waals surface area contributed by atoms with Crippen LogP contribution in [0.4, 0.5) is 0 Å². The molecule has 3 aliphatic heterocycles. The van der Waals surface area contributed by atoms with Crippen molar-refractivity contribution in [3.63, 3.8) is 0 Å². The SMILES string of the molecule is NC(=O)C1C(C(=O)NCC2CO2)=CC(C(=O)O)=C(C(=O)O)N1CC1CO1. The first-order chi connectivity index (χ1) is 12.3. The molecule has 3 rings (SSSR count). The van der Waals surface area contributed by atoms with E-state index in [1.807, 2.05) is 0 Å². The Bertz CT molecular complexity index is 735. The minimum absolute atomic E-state index is 0.0810. The fourth-order valence-corrected chi connectivity index (χ4v) is 2.74. The number of carbonyl (C=O) groups excluding carboxylic acids is 2. The van der Waals surface area contributed by atoms with Gasteiger partial charge in [-0.25, -0.2) is 9.59 Å². The Hall–Kier alpha value is -2.92. The minimum atomic E-state index is -1.55. The fourth-order valence-electron chi connectivity index (χ4n) is 2.74. The van der Waals surface area contributed by atoms with Crippen LogP contribution in [-0.2, 0) is 28.7 Å². The van der Waals surface area contributed by atoms with E-state index in [1.54, 1.807) is 0 Å². The third-order valence-electron chi connectivity index (χ3n) is 4.11. The van der Waals surface area contributed by atoms with Crippen molar-refractivity contribution in [1.82, 2.24) is 10.2 Å². The van der Waals surface area contributed by atoms with Crippen LogP contribution in [0.2, 0.25) is 0 Å². The Labute approximate surface area is 147 Å². The molecule has 0 saturated carbocycles. The number of hydrogen-bond donors (Lipinski definition) is 4. The standard InChI is InChI=1S/C15H17N3O8/c16-12(19)10-8(13(20)17-2-6-4-25-6)1-9(14(21)22)11(15(23)24)18(10)3-7-5-26-7/h1,6-7,10H,2-5H2,(H2,16,19)(H,17,20)(H,21,22)(H,23,24). The molecular formula is C15H17N3O8. The van der Waals surface area contributed by atoms with Gasteiger partial charge >= 0.3 is 11.9 Å². The minimum Gasteiger partial charge on any atom is -0.478 e. The molecule has 3 aliphatic rings. The van der Waals surface area contributed by atoms with Crippen LogP contribution >= 0.6 is 0 Å². The van der Waals surface area contributed by atoms with Gasteiger partial charge in [-0.1, -0.05) is 0 Å². The molecule has 0 bridgehead atoms. The van der Waals surface area contributed by atoms with Gasteiger partial charge in [0, 0.05) is 18.7 Å². The quantitative estimate of drug-likeness (QED) is 0.336. The lowest BCUT2D eigenvalue weighted by Gasteiger charge is -2.36. The average Bonchev–Trinajstić information content (AvgIpc) is 3.45. The van der Waals surface area contributed by atoms with Gasteiger partial charge in [0.2, 0.25) is 11.8 Å². The maximum atomic E-state index is 12.5. The van der Waals surface area contributed by atoms with Gasteiger partial charge in [-0.2, -0.15) is 0 Å². The van der Waals surface area contributed by atoms with Crippen LogP contribution in [0.25, 0.3) is 0 Å². The molecule has 3 atom stereocenters. The molecule has 0 aromatic heterocycles. The molecule has 11 nitrogen and oxygen atoms in total. The molecule has 26 heavy (non-hydrogen) atoms. The number of carboxylic acid groups (broad SMARTS) is 2. The summed E-state index contributed by atoms with van der Waals surface area (Å²) in [5.74, 6) is -4.77. The molecule has 2 saturated heterocycles. The third-order valence-corrected chi connectivity index (χ3v) is 4.11. The van der Waals surface area contributed by atoms with Gasteiger partial charge in [0.15, 0.2) is 0 Å². The summed E-state index contributed by atoms with van der Waals surface area (Å²) in [5, 5.41) is 21.4. The summed E-state index contributed by atoms with van der Waals surface area (Å²) in [7, 11) is 0. The van der Waals surface area contributed by atoms with Crippen molar-refractivity contribution in [3.8, 4) is 0 Å². The molecular weight excluding hydrogens is 350 g/mol. The van der Waals surface area contributed by atoms with E-state index in [9.17, 15) is 29.4 Å². The molecule has 3 unspecified atom stereocenters. The maximum absolute atomic E-state index is 12.5. The number of rotatable bonds is 8. The van der Waals surface area contributed by atoms with Crippen molar-refractivity contribution in [1.29, 1.82) is 0 Å². The van der Waals surface area contributed by atoms with Gasteiger partial charge in [0.1, 0.15) is 11.7 Å². The van der Waals surface area contributed by atoms with E-state index in [0.29, 0.717) is 13.2 Å². The number of primary amides is 1. The zero-order valence-electron chi connectivity index (χ0n) is 13.5. The van der Waals surface area contributed by atoms with E-state index in [2.05, 4.69) is 5.32 Å². The van der Waals surface area contributed by atoms with Crippen LogP contribution in [0.3, 0.4) is 0 Å². The van der Waals surface area contributed by atoms with E-state index in [1.165, 1.54) is 0 Å². The van der Waals surface area contributed by atoms with Gasteiger partial charge in [-0.05, 0) is 6.08 Å². The first-order valence-electron chi connectivity index (χ1n) is 7.79. The Balaban J connectivity index is 2.01. The average molecular weight is 367 g/mol. The number of nitrogens with two attached hydrogens (primary N) is 1. The first-order valence-corrected chi connectivity index (χ1v) is 7.79. The lowest BCUT2D eigenvalue weighted by molar-refractivity contribution is -0.138. The molecule has 0 aliphatic carbocycles. The van der Waals surface area contributed by atoms with Gasteiger partial charge in [0.05, 0.1) is 31.0 Å². The topological polar surface area (TPSA) is 175 Å². The highest BCUT2D eigenvalue weighted by Crippen LogP contribution is 2.30. The van der Waals surface area contributed by atoms with Crippen molar-refractivity contribution >= 4 is 23.8 Å². The second-order valence-electron chi connectivity index (χ2n) is 6.05. The fraction of sp³-hybridized carbons (Fsp3) is 0.467. The zero-order valence-corrected chi connectivity index (χ0v) is 13.5. The highest BCUT2D eigenvalue weighted by molar-refractivity contribution is 6.09. The molecule has 11 heteroatoms. The Morgan fingerprint density at radius 2 is 1.77 bits per heavy atom. The lowest BCUT2D eigenvalue weighted by Crippen LogP contribution is -2.53. The van der Waals surface area contributed by atoms with Crippen LogP contribution in [0.15, 0.2) is 22.9 Å². The largest absolute Gasteiger partial charge is 0.478 e. The molecule has 5 N–H and O–H groups in total. The van der Waals surface area contributed by atoms with Gasteiger partial charge in [-0.3, -0.25) is 9.59 Å². The number of carbonyl (C=O) groups is 4. The molecule has 0 aromatic carbocycles. The van der Waals surface area contributed by atoms with Crippen molar-refractivity contribution in [2.45, 2.75) is 18.2 Å². The van der Waals surface area contributed by atoms with E-state index < -0.39 is 41.1 Å². The Morgan fingerprint density at radius 1 is 1.15 bits per heavy atom. The molecule has 2 fully saturated rings. The highest BCUT2D eigenvalue weighted by atomic mass is 16.6. The van der Waals surface area contributed by atoms with Crippen LogP contribution < -0.4 is 11.1 Å². The maximum Gasteiger partial charge on any atom is 0.353 e. The summed E-state index contributed by atoms with van der Waals surface area (Å²) in [6.45, 7) is 0.933. The van der Waals surface area contributed by atoms with Crippen molar-refractivity contribution in [3.05, 3.63) is 22.9 Å². The number of aliphatic carboxylic acids is 2. The number of amides is 2. The number of ether oxygens (including phenoxy) is 2. The van der Waals surface area contributed by atoms with E-state index >= 15 is 0 Å². The molecule has 2 amide bonds. The highest BCUT2D eigenvalue weighted by Gasteiger charge is 2.44. The summed E-state index contributed by atoms with van der Waals surface area (Å²) < 4.78 is 10.0. The third kappa shape index (κ3) is 3.68. The second-order valence-corrected chi connectivity index (χ2v) is 6.05. The van der Waals surface area contributed by atoms with Crippen molar-refractivity contribution in [2.24, 2.45) is 5.73 Å². The van der Waals surface area contributed by atoms with Crippen LogP contribution in [0.1, 0.15) is 0 Å². The molecule has 0 spiro atoms. The van der Waals surface area contributed by atoms with E-state index in [-0.39, 0.29) is 30.9 Å². The summed E-state index contributed by atoms with van der Waals surface area (Å²) in [6.07, 6.45) is 0.382. The van der Waals surface area contributed by atoms with Crippen molar-refractivity contribution < 1.29 is 38.9 Å². The second kappa shape index (κ2) is 6.77. The van der Waals surface area contributed by atoms with Crippen LogP contribution in [0.5, 0.6) is 0 Å². The lowest BCUT2D eigenvalue weighted by atomic mass is 9.93. The van der Waals surface area contributed by atoms with Crippen molar-refractivity contribution in [2.75, 3.05) is 26.3 Å². The summed E-state index contributed by atoms with van der Waals surface area (Å²) in [6, 6.07) is -1.42. The molecule has 3 heterocycles. The number of carboxylic acids is 2.